The van der Waals surface area contributed by atoms with Crippen LogP contribution in [0.5, 0.6) is 0 Å². The molecule has 0 saturated carbocycles. The van der Waals surface area contributed by atoms with Crippen LogP contribution in [-0.4, -0.2) is 0 Å². The van der Waals surface area contributed by atoms with E-state index in [0.29, 0.717) is 0 Å². The highest BCUT2D eigenvalue weighted by Crippen LogP contribution is 2.22. The fourth-order valence-corrected chi connectivity index (χ4v) is 1.70. The lowest BCUT2D eigenvalue weighted by Crippen LogP contribution is -1.75. The number of rotatable bonds is 1. The molecule has 15 heavy (non-hydrogen) atoms. The van der Waals surface area contributed by atoms with Crippen molar-refractivity contribution in [3.63, 3.8) is 0 Å². The quantitative estimate of drug-likeness (QED) is 0.668. The number of halogens is 1. The first-order valence-corrected chi connectivity index (χ1v) is 5.96. The molecule has 0 fully saturated rings. The van der Waals surface area contributed by atoms with Crippen LogP contribution in [0.25, 0.3) is 11.1 Å². The number of hydrogen-bond acceptors (Lipinski definition) is 0. The van der Waals surface area contributed by atoms with Crippen LogP contribution < -0.4 is 0 Å². The van der Waals surface area contributed by atoms with E-state index >= 15 is 0 Å². The molecule has 0 N–H and O–H groups in total. The van der Waals surface area contributed by atoms with Crippen LogP contribution >= 0.6 is 15.9 Å². The summed E-state index contributed by atoms with van der Waals surface area (Å²) in [6, 6.07) is 18.7. The van der Waals surface area contributed by atoms with E-state index in [1.165, 1.54) is 11.1 Å². The fourth-order valence-electron chi connectivity index (χ4n) is 1.30. The predicted octanol–water partition coefficient (Wildman–Crippen LogP) is 5.14. The standard InChI is InChI=1S/C12H9Br.C2H6/c13-12-8-4-7-11(9-12)10-5-2-1-3-6-10;1-2/h1-9H;1-2H3. The van der Waals surface area contributed by atoms with Crippen LogP contribution in [0.4, 0.5) is 0 Å². The molecule has 78 valence electrons. The second-order valence-electron chi connectivity index (χ2n) is 2.88. The topological polar surface area (TPSA) is 0 Å². The summed E-state index contributed by atoms with van der Waals surface area (Å²) >= 11 is 3.46. The third-order valence-electron chi connectivity index (χ3n) is 1.93. The van der Waals surface area contributed by atoms with Gasteiger partial charge < -0.3 is 0 Å². The van der Waals surface area contributed by atoms with Crippen LogP contribution in [0.2, 0.25) is 0 Å². The lowest BCUT2D eigenvalue weighted by atomic mass is 10.1. The summed E-state index contributed by atoms with van der Waals surface area (Å²) in [6.07, 6.45) is 0. The Morgan fingerprint density at radius 2 is 1.33 bits per heavy atom. The van der Waals surface area contributed by atoms with Crippen molar-refractivity contribution in [2.45, 2.75) is 13.8 Å². The van der Waals surface area contributed by atoms with Crippen LogP contribution in [0.3, 0.4) is 0 Å². The molecule has 2 rings (SSSR count). The van der Waals surface area contributed by atoms with Gasteiger partial charge in [0.25, 0.3) is 0 Å². The number of hydrogen-bond donors (Lipinski definition) is 0. The Morgan fingerprint density at radius 1 is 0.733 bits per heavy atom. The Bertz CT molecular complexity index is 393. The molecule has 0 heterocycles. The molecule has 0 nitrogen and oxygen atoms in total. The first kappa shape index (κ1) is 12.0. The van der Waals surface area contributed by atoms with E-state index in [9.17, 15) is 0 Å². The Labute approximate surface area is 100 Å². The van der Waals surface area contributed by atoms with E-state index < -0.39 is 0 Å². The van der Waals surface area contributed by atoms with Crippen LogP contribution in [-0.2, 0) is 0 Å². The van der Waals surface area contributed by atoms with Crippen molar-refractivity contribution in [3.8, 4) is 11.1 Å². The SMILES string of the molecule is Brc1cccc(-c2ccccc2)c1.CC. The first-order valence-electron chi connectivity index (χ1n) is 5.17. The van der Waals surface area contributed by atoms with Crippen molar-refractivity contribution in [1.82, 2.24) is 0 Å². The Kier molecular flexibility index (Phi) is 5.13. The molecular formula is C14H15Br. The highest BCUT2D eigenvalue weighted by Gasteiger charge is 1.95. The molecule has 0 aliphatic carbocycles. The van der Waals surface area contributed by atoms with Gasteiger partial charge in [0.2, 0.25) is 0 Å². The van der Waals surface area contributed by atoms with Crippen molar-refractivity contribution < 1.29 is 0 Å². The van der Waals surface area contributed by atoms with Crippen molar-refractivity contribution >= 4 is 15.9 Å². The molecule has 0 bridgehead atoms. The van der Waals surface area contributed by atoms with Gasteiger partial charge in [-0.1, -0.05) is 72.2 Å². The van der Waals surface area contributed by atoms with Gasteiger partial charge in [-0.15, -0.1) is 0 Å². The molecular weight excluding hydrogens is 248 g/mol. The number of benzene rings is 2. The fraction of sp³-hybridized carbons (Fsp3) is 0.143. The Hall–Kier alpha value is -1.08. The minimum absolute atomic E-state index is 1.12. The molecule has 0 aliphatic rings. The van der Waals surface area contributed by atoms with Gasteiger partial charge in [-0.2, -0.15) is 0 Å². The molecule has 0 radical (unpaired) electrons. The second-order valence-corrected chi connectivity index (χ2v) is 3.79. The van der Waals surface area contributed by atoms with Crippen LogP contribution in [0.1, 0.15) is 13.8 Å². The van der Waals surface area contributed by atoms with Gasteiger partial charge in [0.1, 0.15) is 0 Å². The van der Waals surface area contributed by atoms with E-state index in [-0.39, 0.29) is 0 Å². The van der Waals surface area contributed by atoms with Crippen molar-refractivity contribution in [2.75, 3.05) is 0 Å². The second kappa shape index (κ2) is 6.41. The third kappa shape index (κ3) is 3.52. The zero-order valence-electron chi connectivity index (χ0n) is 9.07. The van der Waals surface area contributed by atoms with Crippen molar-refractivity contribution in [3.05, 3.63) is 59.1 Å². The normalized spacial score (nSPS) is 9.00. The van der Waals surface area contributed by atoms with E-state index in [1.807, 2.05) is 32.0 Å². The van der Waals surface area contributed by atoms with Gasteiger partial charge in [-0.3, -0.25) is 0 Å². The summed E-state index contributed by atoms with van der Waals surface area (Å²) in [5.41, 5.74) is 2.50. The molecule has 1 heteroatoms. The van der Waals surface area contributed by atoms with Crippen molar-refractivity contribution in [2.24, 2.45) is 0 Å². The van der Waals surface area contributed by atoms with Gasteiger partial charge in [0.15, 0.2) is 0 Å². The van der Waals surface area contributed by atoms with E-state index in [2.05, 4.69) is 52.3 Å². The molecule has 0 spiro atoms. The largest absolute Gasteiger partial charge is 0.0683 e. The summed E-state index contributed by atoms with van der Waals surface area (Å²) in [5.74, 6) is 0. The molecule has 0 unspecified atom stereocenters. The Morgan fingerprint density at radius 3 is 1.93 bits per heavy atom. The zero-order chi connectivity index (χ0) is 11.1. The Balaban J connectivity index is 0.000000531. The van der Waals surface area contributed by atoms with Gasteiger partial charge >= 0.3 is 0 Å². The van der Waals surface area contributed by atoms with Gasteiger partial charge in [-0.05, 0) is 23.3 Å². The van der Waals surface area contributed by atoms with Gasteiger partial charge in [0, 0.05) is 4.47 Å². The maximum Gasteiger partial charge on any atom is 0.0181 e. The van der Waals surface area contributed by atoms with Gasteiger partial charge in [-0.25, -0.2) is 0 Å². The molecule has 2 aromatic rings. The molecule has 0 amide bonds. The van der Waals surface area contributed by atoms with Crippen molar-refractivity contribution in [1.29, 1.82) is 0 Å². The summed E-state index contributed by atoms with van der Waals surface area (Å²) < 4.78 is 1.12. The average molecular weight is 263 g/mol. The molecule has 0 aliphatic heterocycles. The molecule has 0 aromatic heterocycles. The predicted molar refractivity (Wildman–Crippen MR) is 70.9 cm³/mol. The minimum atomic E-state index is 1.12. The zero-order valence-corrected chi connectivity index (χ0v) is 10.7. The third-order valence-corrected chi connectivity index (χ3v) is 2.42. The molecule has 0 atom stereocenters. The highest BCUT2D eigenvalue weighted by molar-refractivity contribution is 9.10. The summed E-state index contributed by atoms with van der Waals surface area (Å²) in [6.45, 7) is 4.00. The monoisotopic (exact) mass is 262 g/mol. The highest BCUT2D eigenvalue weighted by atomic mass is 79.9. The van der Waals surface area contributed by atoms with E-state index in [0.717, 1.165) is 4.47 Å². The average Bonchev–Trinajstić information content (AvgIpc) is 2.33. The molecule has 0 saturated heterocycles. The maximum absolute atomic E-state index is 3.46. The molecule has 2 aromatic carbocycles. The van der Waals surface area contributed by atoms with E-state index in [4.69, 9.17) is 0 Å². The van der Waals surface area contributed by atoms with Crippen LogP contribution in [0, 0.1) is 0 Å². The summed E-state index contributed by atoms with van der Waals surface area (Å²) in [7, 11) is 0. The van der Waals surface area contributed by atoms with Gasteiger partial charge in [0.05, 0.1) is 0 Å². The lowest BCUT2D eigenvalue weighted by Gasteiger charge is -2.00. The first-order chi connectivity index (χ1) is 7.36. The summed E-state index contributed by atoms with van der Waals surface area (Å²) in [5, 5.41) is 0. The van der Waals surface area contributed by atoms with E-state index in [1.54, 1.807) is 0 Å². The summed E-state index contributed by atoms with van der Waals surface area (Å²) in [4.78, 5) is 0. The van der Waals surface area contributed by atoms with Crippen LogP contribution in [0.15, 0.2) is 59.1 Å². The maximum atomic E-state index is 3.46. The smallest absolute Gasteiger partial charge is 0.0181 e. The minimum Gasteiger partial charge on any atom is -0.0683 e. The lowest BCUT2D eigenvalue weighted by molar-refractivity contribution is 1.50.